The van der Waals surface area contributed by atoms with E-state index in [2.05, 4.69) is 63.1 Å². The molecule has 0 atom stereocenters. The van der Waals surface area contributed by atoms with Gasteiger partial charge in [-0.15, -0.1) is 6.42 Å². The van der Waals surface area contributed by atoms with Gasteiger partial charge in [0, 0.05) is 184 Å². The predicted molar refractivity (Wildman–Crippen MR) is 591 cm³/mol. The molecule has 147 heavy (non-hydrogen) atoms. The third-order valence-electron chi connectivity index (χ3n) is 24.0. The zero-order chi connectivity index (χ0) is 104. The van der Waals surface area contributed by atoms with Crippen molar-refractivity contribution >= 4 is 103 Å². The Hall–Kier alpha value is -18.2. The summed E-state index contributed by atoms with van der Waals surface area (Å²) in [5.41, 5.74) is 26.7. The van der Waals surface area contributed by atoms with Gasteiger partial charge >= 0.3 is 0 Å². The van der Waals surface area contributed by atoms with Crippen molar-refractivity contribution in [1.82, 2.24) is 29.9 Å². The molecule has 0 bridgehead atoms. The maximum atomic E-state index is 14.2. The summed E-state index contributed by atoms with van der Waals surface area (Å²) in [6.07, 6.45) is 28.3. The lowest BCUT2D eigenvalue weighted by atomic mass is 10.0. The van der Waals surface area contributed by atoms with Crippen molar-refractivity contribution in [2.45, 2.75) is 80.1 Å². The van der Waals surface area contributed by atoms with Crippen molar-refractivity contribution in [2.24, 2.45) is 0 Å². The monoisotopic (exact) mass is 1940 g/mol. The molecule has 0 spiro atoms. The van der Waals surface area contributed by atoms with Crippen LogP contribution in [0, 0.1) is 58.6 Å². The highest BCUT2D eigenvalue weighted by Crippen LogP contribution is 2.33. The van der Waals surface area contributed by atoms with E-state index >= 15 is 0 Å². The third-order valence-corrected chi connectivity index (χ3v) is 24.0. The second-order valence-electron chi connectivity index (χ2n) is 35.4. The van der Waals surface area contributed by atoms with Crippen LogP contribution in [-0.4, -0.2) is 99.3 Å². The first-order chi connectivity index (χ1) is 71.2. The summed E-state index contributed by atoms with van der Waals surface area (Å²) in [4.78, 5) is 110. The number of terminal acetylenes is 1. The molecule has 0 fully saturated rings. The SMILES string of the molecule is C#Cc1cccc(C(=O)Cc2cccc(N(C)c3cccnc3)c2)c1.CCN(c1cccnc1)c1cc(F)cc(CC(=O)c2cccc(C)c2)c1.Cc1cccc(C(=O)Cc2cc(F)cc(N(C)c3cccnc3)c2)c1.Cc1cccc(C(=O)Cc2cccc(N(C)c3cccnc3)c2)c1.Cc1cccc(C(=O)Cc2cccc(N(C)c3cccnc3)c2)c1.Cc1cccc(C(=O)Cc2cccc(Nc3cccnc3)c2)c1. The van der Waals surface area contributed by atoms with Crippen LogP contribution in [0.25, 0.3) is 0 Å². The Kier molecular flexibility index (Phi) is 38.7. The molecule has 6 heterocycles. The normalized spacial score (nSPS) is 10.4. The highest BCUT2D eigenvalue weighted by molar-refractivity contribution is 6.01. The molecule has 0 amide bonds. The Morgan fingerprint density at radius 1 is 0.259 bits per heavy atom. The van der Waals surface area contributed by atoms with Crippen molar-refractivity contribution < 1.29 is 37.5 Å². The van der Waals surface area contributed by atoms with E-state index in [0.717, 1.165) is 129 Å². The molecule has 18 rings (SSSR count). The van der Waals surface area contributed by atoms with Crippen LogP contribution >= 0.6 is 0 Å². The lowest BCUT2D eigenvalue weighted by molar-refractivity contribution is 0.0984. The van der Waals surface area contributed by atoms with Crippen LogP contribution in [0.3, 0.4) is 0 Å². The number of anilines is 12. The molecule has 0 aliphatic heterocycles. The predicted octanol–water partition coefficient (Wildman–Crippen LogP) is 27.8. The number of carbonyl (C=O) groups excluding carboxylic acids is 6. The fraction of sp³-hybridized carbons (Fsp3) is 0.134. The number of benzene rings is 12. The molecule has 0 saturated heterocycles. The van der Waals surface area contributed by atoms with Crippen molar-refractivity contribution in [3.63, 3.8) is 0 Å². The van der Waals surface area contributed by atoms with Crippen LogP contribution in [0.4, 0.5) is 77.0 Å². The number of carbonyl (C=O) groups is 6. The second kappa shape index (κ2) is 53.6. The molecular weight excluding hydrogens is 1830 g/mol. The summed E-state index contributed by atoms with van der Waals surface area (Å²) in [6.45, 7) is 12.6. The van der Waals surface area contributed by atoms with E-state index in [4.69, 9.17) is 6.42 Å². The first-order valence-electron chi connectivity index (χ1n) is 48.2. The van der Waals surface area contributed by atoms with Crippen LogP contribution in [0.15, 0.2) is 426 Å². The maximum Gasteiger partial charge on any atom is 0.167 e. The lowest BCUT2D eigenvalue weighted by Crippen LogP contribution is -2.17. The summed E-state index contributed by atoms with van der Waals surface area (Å²) < 4.78 is 28.3. The quantitative estimate of drug-likeness (QED) is 0.0316. The Balaban J connectivity index is 0.000000147. The van der Waals surface area contributed by atoms with Crippen LogP contribution in [0.1, 0.15) is 136 Å². The first kappa shape index (κ1) is 106. The fourth-order valence-corrected chi connectivity index (χ4v) is 16.2. The van der Waals surface area contributed by atoms with Crippen LogP contribution in [-0.2, 0) is 38.5 Å². The Bertz CT molecular complexity index is 7380. The van der Waals surface area contributed by atoms with Gasteiger partial charge in [0.25, 0.3) is 0 Å². The van der Waals surface area contributed by atoms with Gasteiger partial charge in [-0.2, -0.15) is 0 Å². The second-order valence-corrected chi connectivity index (χ2v) is 35.4. The standard InChI is InChI=1S/C22H21FN2O.C22H18N2O.C21H19FN2O.2C21H20N2O.C20H18N2O/c1-3-25(20-8-5-9-24-15-20)21-12-17(11-19(23)14-21)13-22(26)18-7-4-6-16(2)10-18;1-3-17-7-4-9-19(13-17)22(25)15-18-8-5-10-20(14-18)24(2)21-11-6-12-23-16-21;1-15-5-3-6-17(9-15)21(25)12-16-10-18(22)13-20(11-16)24(2)19-7-4-8-23-14-19;2*1-16-6-3-8-18(12-16)21(24)14-17-7-4-9-19(13-17)23(2)20-10-5-11-22-15-20;1-15-5-2-7-17(11-15)20(23)13-16-6-3-8-18(12-16)22-19-9-4-10-21-14-19/h4-12,14-15H,3,13H2,1-2H3;1,4-14,16H,15H2,2H3;3-11,13-14H,12H2,1-2H3;2*3-13,15H,14H2,1-2H3;2-12,14,22H,13H2,1H3. The Labute approximate surface area is 860 Å². The average molecular weight is 1940 g/mol. The summed E-state index contributed by atoms with van der Waals surface area (Å²) >= 11 is 0. The number of hydrogen-bond donors (Lipinski definition) is 1. The van der Waals surface area contributed by atoms with E-state index in [9.17, 15) is 37.5 Å². The van der Waals surface area contributed by atoms with E-state index in [1.807, 2.05) is 394 Å². The molecule has 0 unspecified atom stereocenters. The molecule has 18 aromatic rings. The molecular formula is C127H116F2N12O6. The Morgan fingerprint density at radius 3 is 0.830 bits per heavy atom. The number of halogens is 2. The van der Waals surface area contributed by atoms with Crippen LogP contribution in [0.2, 0.25) is 0 Å². The summed E-state index contributed by atoms with van der Waals surface area (Å²) in [7, 11) is 7.82. The van der Waals surface area contributed by atoms with Crippen molar-refractivity contribution in [3.8, 4) is 12.3 Å². The number of aryl methyl sites for hydroxylation is 5. The van der Waals surface area contributed by atoms with Gasteiger partial charge in [0.2, 0.25) is 0 Å². The van der Waals surface area contributed by atoms with Gasteiger partial charge in [-0.3, -0.25) is 58.7 Å². The minimum Gasteiger partial charge on any atom is -0.354 e. The molecule has 0 saturated carbocycles. The molecule has 12 aromatic carbocycles. The Morgan fingerprint density at radius 2 is 0.517 bits per heavy atom. The largest absolute Gasteiger partial charge is 0.354 e. The average Bonchev–Trinajstić information content (AvgIpc) is 0.830. The highest BCUT2D eigenvalue weighted by Gasteiger charge is 2.20. The fourth-order valence-electron chi connectivity index (χ4n) is 16.2. The van der Waals surface area contributed by atoms with Crippen molar-refractivity contribution in [3.05, 3.63) is 538 Å². The zero-order valence-electron chi connectivity index (χ0n) is 84.1. The number of hydrogen-bond acceptors (Lipinski definition) is 18. The van der Waals surface area contributed by atoms with Crippen LogP contribution < -0.4 is 29.8 Å². The number of nitrogens with zero attached hydrogens (tertiary/aromatic N) is 11. The number of ketones is 6. The topological polar surface area (TPSA) is 208 Å². The molecule has 20 heteroatoms. The van der Waals surface area contributed by atoms with Gasteiger partial charge < -0.3 is 29.8 Å². The molecule has 0 aliphatic rings. The van der Waals surface area contributed by atoms with E-state index in [1.54, 1.807) is 80.0 Å². The van der Waals surface area contributed by atoms with E-state index in [1.165, 1.54) is 24.3 Å². The highest BCUT2D eigenvalue weighted by atomic mass is 19.1. The third kappa shape index (κ3) is 32.4. The van der Waals surface area contributed by atoms with E-state index in [0.29, 0.717) is 71.4 Å². The summed E-state index contributed by atoms with van der Waals surface area (Å²) in [6, 6.07) is 110. The maximum absolute atomic E-state index is 14.2. The van der Waals surface area contributed by atoms with Crippen molar-refractivity contribution in [2.75, 3.05) is 64.6 Å². The number of rotatable bonds is 31. The molecule has 18 nitrogen and oxygen atoms in total. The van der Waals surface area contributed by atoms with Gasteiger partial charge in [0.1, 0.15) is 11.6 Å². The minimum atomic E-state index is -0.361. The van der Waals surface area contributed by atoms with Gasteiger partial charge in [0.15, 0.2) is 34.7 Å². The lowest BCUT2D eigenvalue weighted by Gasteiger charge is -2.23. The number of aromatic nitrogens is 6. The first-order valence-corrected chi connectivity index (χ1v) is 48.2. The minimum absolute atomic E-state index is 0.0188. The van der Waals surface area contributed by atoms with Gasteiger partial charge in [0.05, 0.1) is 71.3 Å². The van der Waals surface area contributed by atoms with Gasteiger partial charge in [-0.25, -0.2) is 8.78 Å². The molecule has 0 aliphatic carbocycles. The molecule has 0 radical (unpaired) electrons. The number of Topliss-reactive ketones (excluding diaryl/α,β-unsaturated/α-hetero) is 6. The van der Waals surface area contributed by atoms with Gasteiger partial charge in [-0.05, 0) is 275 Å². The van der Waals surface area contributed by atoms with E-state index in [-0.39, 0.29) is 59.2 Å². The zero-order valence-corrected chi connectivity index (χ0v) is 84.1. The van der Waals surface area contributed by atoms with Gasteiger partial charge in [-0.1, -0.05) is 185 Å². The molecule has 1 N–H and O–H groups in total. The summed E-state index contributed by atoms with van der Waals surface area (Å²) in [5, 5.41) is 3.29. The number of pyridine rings is 6. The van der Waals surface area contributed by atoms with Crippen LogP contribution in [0.5, 0.6) is 0 Å². The summed E-state index contributed by atoms with van der Waals surface area (Å²) in [5.74, 6) is 2.27. The van der Waals surface area contributed by atoms with Crippen molar-refractivity contribution in [1.29, 1.82) is 0 Å². The molecule has 6 aromatic heterocycles. The van der Waals surface area contributed by atoms with E-state index < -0.39 is 0 Å². The smallest absolute Gasteiger partial charge is 0.167 e. The number of nitrogens with one attached hydrogen (secondary N) is 1. The molecule has 734 valence electrons.